The van der Waals surface area contributed by atoms with Crippen molar-refractivity contribution in [2.75, 3.05) is 24.5 Å². The summed E-state index contributed by atoms with van der Waals surface area (Å²) < 4.78 is 0. The Labute approximate surface area is 155 Å². The summed E-state index contributed by atoms with van der Waals surface area (Å²) in [5.41, 5.74) is 8.97. The van der Waals surface area contributed by atoms with Crippen LogP contribution in [0.2, 0.25) is 0 Å². The number of amides is 1. The van der Waals surface area contributed by atoms with Gasteiger partial charge >= 0.3 is 0 Å². The third-order valence-corrected chi connectivity index (χ3v) is 4.81. The van der Waals surface area contributed by atoms with E-state index in [9.17, 15) is 4.79 Å². The fraction of sp³-hybridized carbons (Fsp3) is 0.450. The molecule has 0 aliphatic carbocycles. The van der Waals surface area contributed by atoms with Gasteiger partial charge in [-0.1, -0.05) is 29.8 Å². The van der Waals surface area contributed by atoms with Crippen molar-refractivity contribution < 1.29 is 4.79 Å². The van der Waals surface area contributed by atoms with Crippen LogP contribution in [0.5, 0.6) is 0 Å². The van der Waals surface area contributed by atoms with Crippen molar-refractivity contribution in [1.29, 1.82) is 0 Å². The highest BCUT2D eigenvalue weighted by Crippen LogP contribution is 2.22. The highest BCUT2D eigenvalue weighted by Gasteiger charge is 2.32. The van der Waals surface area contributed by atoms with Gasteiger partial charge in [0.25, 0.3) is 0 Å². The molecule has 2 aromatic rings. The van der Waals surface area contributed by atoms with E-state index in [0.29, 0.717) is 31.9 Å². The fourth-order valence-electron chi connectivity index (χ4n) is 3.35. The van der Waals surface area contributed by atoms with Crippen LogP contribution in [-0.2, 0) is 17.8 Å². The average molecular weight is 353 g/mol. The number of hydrogen-bond donors (Lipinski definition) is 1. The largest absolute Gasteiger partial charge is 0.343 e. The molecule has 6 heteroatoms. The number of benzene rings is 1. The zero-order chi connectivity index (χ0) is 18.7. The smallest absolute Gasteiger partial charge is 0.245 e. The first-order valence-electron chi connectivity index (χ1n) is 9.13. The van der Waals surface area contributed by atoms with Crippen LogP contribution in [0.15, 0.2) is 30.3 Å². The number of piperazine rings is 1. The van der Waals surface area contributed by atoms with Crippen molar-refractivity contribution in [3.05, 3.63) is 53.0 Å². The average Bonchev–Trinajstić information content (AvgIpc) is 2.61. The van der Waals surface area contributed by atoms with Crippen LogP contribution >= 0.6 is 0 Å². The zero-order valence-corrected chi connectivity index (χ0v) is 15.8. The molecule has 1 unspecified atom stereocenters. The van der Waals surface area contributed by atoms with Crippen LogP contribution in [0, 0.1) is 13.8 Å². The molecule has 2 heterocycles. The van der Waals surface area contributed by atoms with Crippen molar-refractivity contribution in [2.45, 2.75) is 39.8 Å². The minimum atomic E-state index is -0.241. The number of anilines is 1. The predicted octanol–water partition coefficient (Wildman–Crippen LogP) is 1.83. The van der Waals surface area contributed by atoms with Gasteiger partial charge in [-0.05, 0) is 32.9 Å². The summed E-state index contributed by atoms with van der Waals surface area (Å²) in [6.07, 6.45) is 0.714. The Morgan fingerprint density at radius 1 is 1.15 bits per heavy atom. The monoisotopic (exact) mass is 353 g/mol. The van der Waals surface area contributed by atoms with E-state index >= 15 is 0 Å². The quantitative estimate of drug-likeness (QED) is 0.888. The van der Waals surface area contributed by atoms with Crippen LogP contribution in [0.3, 0.4) is 0 Å². The number of rotatable bonds is 5. The summed E-state index contributed by atoms with van der Waals surface area (Å²) in [6, 6.07) is 10.1. The summed E-state index contributed by atoms with van der Waals surface area (Å²) in [5.74, 6) is 1.66. The number of carbonyl (C=O) groups is 1. The van der Waals surface area contributed by atoms with Crippen LogP contribution in [-0.4, -0.2) is 46.5 Å². The lowest BCUT2D eigenvalue weighted by molar-refractivity contribution is -0.134. The molecule has 1 saturated heterocycles. The fourth-order valence-corrected chi connectivity index (χ4v) is 3.35. The molecule has 0 bridgehead atoms. The second-order valence-corrected chi connectivity index (χ2v) is 6.92. The normalized spacial score (nSPS) is 17.7. The molecule has 1 amide bonds. The SMILES string of the molecule is Cc1ccc(CN2CCN(c3cc(CCN)nc(C)n3)C(C)C2=O)cc1. The van der Waals surface area contributed by atoms with Crippen LogP contribution in [0.1, 0.15) is 29.6 Å². The Bertz CT molecular complexity index is 774. The van der Waals surface area contributed by atoms with Crippen LogP contribution in [0.25, 0.3) is 0 Å². The van der Waals surface area contributed by atoms with Gasteiger partial charge in [-0.25, -0.2) is 9.97 Å². The summed E-state index contributed by atoms with van der Waals surface area (Å²) in [5, 5.41) is 0. The maximum Gasteiger partial charge on any atom is 0.245 e. The lowest BCUT2D eigenvalue weighted by atomic mass is 10.1. The second-order valence-electron chi connectivity index (χ2n) is 6.92. The van der Waals surface area contributed by atoms with Crippen molar-refractivity contribution in [1.82, 2.24) is 14.9 Å². The van der Waals surface area contributed by atoms with Crippen molar-refractivity contribution in [2.24, 2.45) is 5.73 Å². The molecule has 1 aromatic carbocycles. The number of hydrogen-bond acceptors (Lipinski definition) is 5. The van der Waals surface area contributed by atoms with Gasteiger partial charge in [-0.15, -0.1) is 0 Å². The zero-order valence-electron chi connectivity index (χ0n) is 15.8. The van der Waals surface area contributed by atoms with Gasteiger partial charge in [0.2, 0.25) is 5.91 Å². The van der Waals surface area contributed by atoms with Gasteiger partial charge in [0, 0.05) is 37.8 Å². The summed E-state index contributed by atoms with van der Waals surface area (Å²) >= 11 is 0. The summed E-state index contributed by atoms with van der Waals surface area (Å²) in [4.78, 5) is 25.9. The van der Waals surface area contributed by atoms with Gasteiger partial charge in [0.15, 0.2) is 0 Å². The molecular formula is C20H27N5O. The van der Waals surface area contributed by atoms with E-state index in [1.165, 1.54) is 5.56 Å². The van der Waals surface area contributed by atoms with Crippen molar-refractivity contribution in [3.8, 4) is 0 Å². The van der Waals surface area contributed by atoms with Gasteiger partial charge in [-0.2, -0.15) is 0 Å². The molecule has 3 rings (SSSR count). The van der Waals surface area contributed by atoms with Gasteiger partial charge in [-0.3, -0.25) is 4.79 Å². The highest BCUT2D eigenvalue weighted by atomic mass is 16.2. The van der Waals surface area contributed by atoms with Crippen LogP contribution < -0.4 is 10.6 Å². The second kappa shape index (κ2) is 7.83. The topological polar surface area (TPSA) is 75.3 Å². The Kier molecular flexibility index (Phi) is 5.52. The maximum absolute atomic E-state index is 12.9. The Morgan fingerprint density at radius 2 is 1.88 bits per heavy atom. The number of nitrogens with two attached hydrogens (primary N) is 1. The molecule has 0 saturated carbocycles. The van der Waals surface area contributed by atoms with Crippen molar-refractivity contribution in [3.63, 3.8) is 0 Å². The molecule has 6 nitrogen and oxygen atoms in total. The van der Waals surface area contributed by atoms with E-state index < -0.39 is 0 Å². The molecule has 0 spiro atoms. The lowest BCUT2D eigenvalue weighted by Crippen LogP contribution is -2.55. The van der Waals surface area contributed by atoms with E-state index in [1.807, 2.05) is 24.8 Å². The van der Waals surface area contributed by atoms with Gasteiger partial charge in [0.1, 0.15) is 17.7 Å². The van der Waals surface area contributed by atoms with Crippen molar-refractivity contribution >= 4 is 11.7 Å². The maximum atomic E-state index is 12.9. The molecular weight excluding hydrogens is 326 g/mol. The van der Waals surface area contributed by atoms with E-state index in [2.05, 4.69) is 46.1 Å². The van der Waals surface area contributed by atoms with E-state index in [1.54, 1.807) is 0 Å². The third kappa shape index (κ3) is 4.02. The minimum absolute atomic E-state index is 0.133. The summed E-state index contributed by atoms with van der Waals surface area (Å²) in [6.45, 7) is 8.54. The van der Waals surface area contributed by atoms with Gasteiger partial charge in [0.05, 0.1) is 0 Å². The van der Waals surface area contributed by atoms with E-state index in [4.69, 9.17) is 5.73 Å². The number of aryl methyl sites for hydroxylation is 2. The van der Waals surface area contributed by atoms with Gasteiger partial charge < -0.3 is 15.5 Å². The Morgan fingerprint density at radius 3 is 2.58 bits per heavy atom. The van der Waals surface area contributed by atoms with E-state index in [-0.39, 0.29) is 11.9 Å². The number of nitrogens with zero attached hydrogens (tertiary/aromatic N) is 4. The number of carbonyl (C=O) groups excluding carboxylic acids is 1. The molecule has 1 aromatic heterocycles. The number of aromatic nitrogens is 2. The minimum Gasteiger partial charge on any atom is -0.343 e. The first kappa shape index (κ1) is 18.3. The standard InChI is InChI=1S/C20H27N5O/c1-14-4-6-17(7-5-14)13-24-10-11-25(15(2)20(24)26)19-12-18(8-9-21)22-16(3)23-19/h4-7,12,15H,8-11,13,21H2,1-3H3. The molecule has 26 heavy (non-hydrogen) atoms. The van der Waals surface area contributed by atoms with Crippen LogP contribution in [0.4, 0.5) is 5.82 Å². The molecule has 1 fully saturated rings. The first-order chi connectivity index (χ1) is 12.5. The molecule has 1 aliphatic rings. The molecule has 0 radical (unpaired) electrons. The molecule has 1 aliphatic heterocycles. The Hall–Kier alpha value is -2.47. The highest BCUT2D eigenvalue weighted by molar-refractivity contribution is 5.86. The third-order valence-electron chi connectivity index (χ3n) is 4.81. The summed E-state index contributed by atoms with van der Waals surface area (Å²) in [7, 11) is 0. The Balaban J connectivity index is 1.74. The predicted molar refractivity (Wildman–Crippen MR) is 103 cm³/mol. The molecule has 1 atom stereocenters. The lowest BCUT2D eigenvalue weighted by Gasteiger charge is -2.40. The first-order valence-corrected chi connectivity index (χ1v) is 9.13. The van der Waals surface area contributed by atoms with E-state index in [0.717, 1.165) is 23.6 Å². The molecule has 138 valence electrons. The molecule has 2 N–H and O–H groups in total.